The summed E-state index contributed by atoms with van der Waals surface area (Å²) in [6.07, 6.45) is 2.42. The first-order valence-corrected chi connectivity index (χ1v) is 9.71. The number of hydrogen-bond acceptors (Lipinski definition) is 5. The Labute approximate surface area is 160 Å². The molecule has 0 amide bonds. The summed E-state index contributed by atoms with van der Waals surface area (Å²) >= 11 is 0. The molecule has 0 atom stereocenters. The van der Waals surface area contributed by atoms with E-state index in [9.17, 15) is 0 Å². The molecule has 4 rings (SSSR count). The first-order valence-electron chi connectivity index (χ1n) is 9.71. The van der Waals surface area contributed by atoms with Crippen LogP contribution in [0.5, 0.6) is 11.5 Å². The van der Waals surface area contributed by atoms with Crippen LogP contribution in [0.25, 0.3) is 0 Å². The molecule has 2 N–H and O–H groups in total. The Bertz CT molecular complexity index is 780. The van der Waals surface area contributed by atoms with E-state index >= 15 is 0 Å². The SMILES string of the molecule is N#Cc1ccc(Oc2ccc(CN3CCNCC34CCNCC4)cc2)cc1. The molecule has 0 radical (unpaired) electrons. The van der Waals surface area contributed by atoms with Gasteiger partial charge in [-0.05, 0) is 67.9 Å². The molecule has 1 spiro atoms. The molecule has 2 fully saturated rings. The molecular formula is C22H26N4O. The number of nitrogens with one attached hydrogen (secondary N) is 2. The molecule has 140 valence electrons. The van der Waals surface area contributed by atoms with Crippen LogP contribution in [0.15, 0.2) is 48.5 Å². The van der Waals surface area contributed by atoms with Gasteiger partial charge in [0, 0.05) is 31.7 Å². The first-order chi connectivity index (χ1) is 13.3. The molecule has 5 heteroatoms. The van der Waals surface area contributed by atoms with Crippen LogP contribution in [0.2, 0.25) is 0 Å². The molecule has 2 saturated heterocycles. The van der Waals surface area contributed by atoms with Gasteiger partial charge in [-0.25, -0.2) is 0 Å². The highest BCUT2D eigenvalue weighted by Crippen LogP contribution is 2.30. The summed E-state index contributed by atoms with van der Waals surface area (Å²) in [5, 5.41) is 16.0. The van der Waals surface area contributed by atoms with E-state index in [2.05, 4.69) is 33.7 Å². The van der Waals surface area contributed by atoms with Crippen molar-refractivity contribution in [1.82, 2.24) is 15.5 Å². The van der Waals surface area contributed by atoms with Crippen LogP contribution < -0.4 is 15.4 Å². The largest absolute Gasteiger partial charge is 0.457 e. The maximum atomic E-state index is 8.87. The molecule has 0 aliphatic carbocycles. The lowest BCUT2D eigenvalue weighted by molar-refractivity contribution is 0.0263. The zero-order valence-electron chi connectivity index (χ0n) is 15.6. The Balaban J connectivity index is 1.41. The molecule has 2 aliphatic heterocycles. The number of piperazine rings is 1. The van der Waals surface area contributed by atoms with Crippen molar-refractivity contribution in [3.8, 4) is 17.6 Å². The fourth-order valence-corrected chi connectivity index (χ4v) is 4.13. The second kappa shape index (κ2) is 8.10. The van der Waals surface area contributed by atoms with Gasteiger partial charge in [0.1, 0.15) is 11.5 Å². The zero-order chi connectivity index (χ0) is 18.5. The third-order valence-electron chi connectivity index (χ3n) is 5.73. The van der Waals surface area contributed by atoms with Crippen LogP contribution in [0.3, 0.4) is 0 Å². The zero-order valence-corrected chi connectivity index (χ0v) is 15.6. The van der Waals surface area contributed by atoms with Crippen LogP contribution in [-0.2, 0) is 6.54 Å². The Hall–Kier alpha value is -2.39. The van der Waals surface area contributed by atoms with Crippen LogP contribution >= 0.6 is 0 Å². The van der Waals surface area contributed by atoms with E-state index in [-0.39, 0.29) is 0 Å². The smallest absolute Gasteiger partial charge is 0.127 e. The van der Waals surface area contributed by atoms with Gasteiger partial charge in [-0.3, -0.25) is 4.90 Å². The number of hydrogen-bond donors (Lipinski definition) is 2. The van der Waals surface area contributed by atoms with Gasteiger partial charge in [0.2, 0.25) is 0 Å². The molecule has 0 bridgehead atoms. The van der Waals surface area contributed by atoms with Gasteiger partial charge in [-0.15, -0.1) is 0 Å². The molecule has 0 aromatic heterocycles. The van der Waals surface area contributed by atoms with E-state index in [1.54, 1.807) is 12.1 Å². The Morgan fingerprint density at radius 2 is 1.59 bits per heavy atom. The number of nitriles is 1. The predicted octanol–water partition coefficient (Wildman–Crippen LogP) is 2.88. The average Bonchev–Trinajstić information content (AvgIpc) is 2.72. The molecule has 2 heterocycles. The van der Waals surface area contributed by atoms with Gasteiger partial charge >= 0.3 is 0 Å². The van der Waals surface area contributed by atoms with E-state index in [1.165, 1.54) is 18.4 Å². The molecular weight excluding hydrogens is 336 g/mol. The second-order valence-electron chi connectivity index (χ2n) is 7.45. The Morgan fingerprint density at radius 1 is 0.926 bits per heavy atom. The van der Waals surface area contributed by atoms with Crippen molar-refractivity contribution in [2.45, 2.75) is 24.9 Å². The first kappa shape index (κ1) is 18.0. The summed E-state index contributed by atoms with van der Waals surface area (Å²) in [5.74, 6) is 1.57. The molecule has 27 heavy (non-hydrogen) atoms. The third kappa shape index (κ3) is 4.14. The lowest BCUT2D eigenvalue weighted by atomic mass is 9.84. The summed E-state index contributed by atoms with van der Waals surface area (Å²) in [6.45, 7) is 6.46. The van der Waals surface area contributed by atoms with Gasteiger partial charge in [-0.2, -0.15) is 5.26 Å². The van der Waals surface area contributed by atoms with Gasteiger partial charge < -0.3 is 15.4 Å². The van der Waals surface area contributed by atoms with E-state index in [1.807, 2.05) is 24.3 Å². The van der Waals surface area contributed by atoms with Crippen molar-refractivity contribution < 1.29 is 4.74 Å². The van der Waals surface area contributed by atoms with Crippen LogP contribution in [0.4, 0.5) is 0 Å². The minimum atomic E-state index is 0.293. The van der Waals surface area contributed by atoms with Crippen LogP contribution in [0, 0.1) is 11.3 Å². The highest BCUT2D eigenvalue weighted by molar-refractivity contribution is 5.38. The lowest BCUT2D eigenvalue weighted by Crippen LogP contribution is -2.64. The summed E-state index contributed by atoms with van der Waals surface area (Å²) in [7, 11) is 0. The maximum Gasteiger partial charge on any atom is 0.127 e. The van der Waals surface area contributed by atoms with Gasteiger partial charge in [0.15, 0.2) is 0 Å². The third-order valence-corrected chi connectivity index (χ3v) is 5.73. The van der Waals surface area contributed by atoms with Crippen molar-refractivity contribution in [2.75, 3.05) is 32.7 Å². The van der Waals surface area contributed by atoms with E-state index in [0.29, 0.717) is 11.1 Å². The fourth-order valence-electron chi connectivity index (χ4n) is 4.13. The minimum Gasteiger partial charge on any atom is -0.457 e. The second-order valence-corrected chi connectivity index (χ2v) is 7.45. The van der Waals surface area contributed by atoms with E-state index < -0.39 is 0 Å². The Kier molecular flexibility index (Phi) is 5.40. The number of ether oxygens (including phenoxy) is 1. The lowest BCUT2D eigenvalue weighted by Gasteiger charge is -2.50. The average molecular weight is 362 g/mol. The predicted molar refractivity (Wildman–Crippen MR) is 106 cm³/mol. The number of nitrogens with zero attached hydrogens (tertiary/aromatic N) is 2. The molecule has 2 aromatic rings. The van der Waals surface area contributed by atoms with E-state index in [0.717, 1.165) is 50.8 Å². The normalized spacial score (nSPS) is 19.5. The van der Waals surface area contributed by atoms with Gasteiger partial charge in [-0.1, -0.05) is 12.1 Å². The molecule has 2 aliphatic rings. The van der Waals surface area contributed by atoms with Crippen molar-refractivity contribution in [1.29, 1.82) is 5.26 Å². The van der Waals surface area contributed by atoms with Crippen molar-refractivity contribution in [2.24, 2.45) is 0 Å². The monoisotopic (exact) mass is 362 g/mol. The Morgan fingerprint density at radius 3 is 2.26 bits per heavy atom. The van der Waals surface area contributed by atoms with Gasteiger partial charge in [0.05, 0.1) is 11.6 Å². The molecule has 0 unspecified atom stereocenters. The summed E-state index contributed by atoms with van der Waals surface area (Å²) in [4.78, 5) is 2.67. The number of piperidine rings is 1. The molecule has 0 saturated carbocycles. The number of benzene rings is 2. The van der Waals surface area contributed by atoms with Crippen molar-refractivity contribution >= 4 is 0 Å². The fraction of sp³-hybridized carbons (Fsp3) is 0.409. The standard InChI is InChI=1S/C22H26N4O/c23-15-18-1-5-20(6-2-18)27-21-7-3-19(4-8-21)16-26-14-13-25-17-22(26)9-11-24-12-10-22/h1-8,24-25H,9-14,16-17H2. The summed E-state index contributed by atoms with van der Waals surface area (Å²) in [5.41, 5.74) is 2.25. The van der Waals surface area contributed by atoms with Crippen LogP contribution in [0.1, 0.15) is 24.0 Å². The summed E-state index contributed by atoms with van der Waals surface area (Å²) in [6, 6.07) is 17.7. The number of rotatable bonds is 4. The topological polar surface area (TPSA) is 60.3 Å². The van der Waals surface area contributed by atoms with Crippen LogP contribution in [-0.4, -0.2) is 43.2 Å². The molecule has 5 nitrogen and oxygen atoms in total. The quantitative estimate of drug-likeness (QED) is 0.876. The van der Waals surface area contributed by atoms with E-state index in [4.69, 9.17) is 10.00 Å². The molecule has 2 aromatic carbocycles. The van der Waals surface area contributed by atoms with Gasteiger partial charge in [0.25, 0.3) is 0 Å². The summed E-state index contributed by atoms with van der Waals surface area (Å²) < 4.78 is 5.89. The highest BCUT2D eigenvalue weighted by Gasteiger charge is 2.39. The minimum absolute atomic E-state index is 0.293. The maximum absolute atomic E-state index is 8.87. The van der Waals surface area contributed by atoms with Crippen molar-refractivity contribution in [3.05, 3.63) is 59.7 Å². The highest BCUT2D eigenvalue weighted by atomic mass is 16.5. The van der Waals surface area contributed by atoms with Crippen molar-refractivity contribution in [3.63, 3.8) is 0 Å².